The third kappa shape index (κ3) is 5.27. The van der Waals surface area contributed by atoms with E-state index >= 15 is 0 Å². The number of anilines is 1. The highest BCUT2D eigenvalue weighted by Crippen LogP contribution is 2.25. The van der Waals surface area contributed by atoms with Crippen LogP contribution >= 0.6 is 11.3 Å². The summed E-state index contributed by atoms with van der Waals surface area (Å²) in [5, 5.41) is 2.46. The van der Waals surface area contributed by atoms with Gasteiger partial charge in [-0.25, -0.2) is 17.9 Å². The molecule has 2 rings (SSSR count). The van der Waals surface area contributed by atoms with Gasteiger partial charge < -0.3 is 9.47 Å². The summed E-state index contributed by atoms with van der Waals surface area (Å²) in [6.45, 7) is 2.11. The Balaban J connectivity index is 2.04. The van der Waals surface area contributed by atoms with Crippen LogP contribution < -0.4 is 10.0 Å². The smallest absolute Gasteiger partial charge is 0.411 e. The van der Waals surface area contributed by atoms with Gasteiger partial charge in [0, 0.05) is 29.1 Å². The Morgan fingerprint density at radius 2 is 1.84 bits per heavy atom. The molecule has 2 aromatic rings. The minimum atomic E-state index is -3.69. The van der Waals surface area contributed by atoms with E-state index in [0.29, 0.717) is 5.69 Å². The Hall–Kier alpha value is -1.94. The number of rotatable bonds is 7. The molecule has 1 aromatic heterocycles. The first-order chi connectivity index (χ1) is 11.9. The zero-order valence-electron chi connectivity index (χ0n) is 14.1. The summed E-state index contributed by atoms with van der Waals surface area (Å²) in [6.07, 6.45) is -0.975. The Morgan fingerprint density at radius 1 is 1.16 bits per heavy atom. The van der Waals surface area contributed by atoms with Crippen LogP contribution in [0.3, 0.4) is 0 Å². The van der Waals surface area contributed by atoms with E-state index < -0.39 is 16.1 Å². The molecule has 136 valence electrons. The minimum absolute atomic E-state index is 0.0973. The van der Waals surface area contributed by atoms with E-state index in [2.05, 4.69) is 14.8 Å². The quantitative estimate of drug-likeness (QED) is 0.765. The number of methoxy groups -OCH3 is 2. The monoisotopic (exact) mass is 384 g/mol. The predicted molar refractivity (Wildman–Crippen MR) is 96.5 cm³/mol. The van der Waals surface area contributed by atoms with Gasteiger partial charge in [0.15, 0.2) is 0 Å². The molecule has 2 N–H and O–H groups in total. The van der Waals surface area contributed by atoms with Crippen molar-refractivity contribution in [1.29, 1.82) is 0 Å². The highest BCUT2D eigenvalue weighted by Gasteiger charge is 2.19. The number of carbonyl (C=O) groups is 1. The van der Waals surface area contributed by atoms with Gasteiger partial charge in [-0.2, -0.15) is 0 Å². The normalized spacial score (nSPS) is 12.6. The van der Waals surface area contributed by atoms with Crippen LogP contribution in [-0.4, -0.2) is 35.3 Å². The number of nitrogens with one attached hydrogen (secondary N) is 2. The molecule has 0 aliphatic carbocycles. The van der Waals surface area contributed by atoms with E-state index in [1.165, 1.54) is 31.4 Å². The number of thiophene rings is 1. The Bertz CT molecular complexity index is 815. The molecule has 1 heterocycles. The number of ether oxygens (including phenoxy) is 2. The molecule has 0 radical (unpaired) electrons. The standard InChI is InChI=1S/C16H20N2O5S2/c1-11-4-9-15(24-11)14(22-2)10-17-25(20,21)13-7-5-12(6-8-13)18-16(19)23-3/h4-9,14,17H,10H2,1-3H3,(H,18,19)/t14-/m1/s1. The number of hydrogen-bond donors (Lipinski definition) is 2. The molecule has 7 nitrogen and oxygen atoms in total. The molecule has 1 aromatic carbocycles. The summed E-state index contributed by atoms with van der Waals surface area (Å²) in [5.41, 5.74) is 0.439. The van der Waals surface area contributed by atoms with Gasteiger partial charge >= 0.3 is 6.09 Å². The number of benzene rings is 1. The van der Waals surface area contributed by atoms with Crippen LogP contribution in [0.15, 0.2) is 41.3 Å². The molecule has 0 aliphatic rings. The van der Waals surface area contributed by atoms with E-state index in [-0.39, 0.29) is 17.5 Å². The fourth-order valence-electron chi connectivity index (χ4n) is 2.08. The number of hydrogen-bond acceptors (Lipinski definition) is 6. The first kappa shape index (κ1) is 19.4. The molecule has 25 heavy (non-hydrogen) atoms. The van der Waals surface area contributed by atoms with Crippen molar-refractivity contribution >= 4 is 33.1 Å². The Labute approximate surface area is 151 Å². The molecule has 1 amide bonds. The topological polar surface area (TPSA) is 93.7 Å². The molecule has 0 aliphatic heterocycles. The number of sulfonamides is 1. The van der Waals surface area contributed by atoms with Crippen molar-refractivity contribution in [3.05, 3.63) is 46.2 Å². The SMILES string of the molecule is COC(=O)Nc1ccc(S(=O)(=O)NC[C@@H](OC)c2ccc(C)s2)cc1. The molecule has 0 unspecified atom stereocenters. The maximum atomic E-state index is 12.4. The second-order valence-electron chi connectivity index (χ2n) is 5.17. The summed E-state index contributed by atoms with van der Waals surface area (Å²) in [4.78, 5) is 13.3. The molecule has 0 saturated carbocycles. The highest BCUT2D eigenvalue weighted by molar-refractivity contribution is 7.89. The zero-order chi connectivity index (χ0) is 18.4. The van der Waals surface area contributed by atoms with Crippen molar-refractivity contribution in [3.8, 4) is 0 Å². The molecule has 0 saturated heterocycles. The molecular formula is C16H20N2O5S2. The summed E-state index contributed by atoms with van der Waals surface area (Å²) >= 11 is 1.56. The third-order valence-corrected chi connectivity index (χ3v) is 5.95. The van der Waals surface area contributed by atoms with Crippen LogP contribution in [0.25, 0.3) is 0 Å². The maximum Gasteiger partial charge on any atom is 0.411 e. The summed E-state index contributed by atoms with van der Waals surface area (Å²) in [7, 11) is -0.894. The maximum absolute atomic E-state index is 12.4. The van der Waals surface area contributed by atoms with E-state index in [1.807, 2.05) is 19.1 Å². The molecule has 9 heteroatoms. The summed E-state index contributed by atoms with van der Waals surface area (Å²) in [6, 6.07) is 9.68. The van der Waals surface area contributed by atoms with E-state index in [0.717, 1.165) is 9.75 Å². The van der Waals surface area contributed by atoms with Crippen molar-refractivity contribution in [2.45, 2.75) is 17.9 Å². The van der Waals surface area contributed by atoms with Gasteiger partial charge in [-0.1, -0.05) is 0 Å². The first-order valence-electron chi connectivity index (χ1n) is 7.39. The van der Waals surface area contributed by atoms with Crippen LogP contribution in [0.4, 0.5) is 10.5 Å². The lowest BCUT2D eigenvalue weighted by molar-refractivity contribution is 0.110. The number of carbonyl (C=O) groups excluding carboxylic acids is 1. The van der Waals surface area contributed by atoms with Crippen LogP contribution in [-0.2, 0) is 19.5 Å². The van der Waals surface area contributed by atoms with E-state index in [1.54, 1.807) is 18.4 Å². The average molecular weight is 384 g/mol. The largest absolute Gasteiger partial charge is 0.453 e. The van der Waals surface area contributed by atoms with Gasteiger partial charge in [0.2, 0.25) is 10.0 Å². The summed E-state index contributed by atoms with van der Waals surface area (Å²) in [5.74, 6) is 0. The fraction of sp³-hybridized carbons (Fsp3) is 0.312. The van der Waals surface area contributed by atoms with Crippen molar-refractivity contribution in [2.75, 3.05) is 26.1 Å². The van der Waals surface area contributed by atoms with Gasteiger partial charge in [0.05, 0.1) is 12.0 Å². The van der Waals surface area contributed by atoms with Gasteiger partial charge in [-0.05, 0) is 43.3 Å². The fourth-order valence-corrected chi connectivity index (χ4v) is 4.07. The number of aryl methyl sites for hydroxylation is 1. The van der Waals surface area contributed by atoms with Gasteiger partial charge in [-0.15, -0.1) is 11.3 Å². The average Bonchev–Trinajstić information content (AvgIpc) is 3.02. The van der Waals surface area contributed by atoms with Crippen LogP contribution in [0.2, 0.25) is 0 Å². The molecular weight excluding hydrogens is 364 g/mol. The second kappa shape index (κ2) is 8.43. The molecule has 0 spiro atoms. The lowest BCUT2D eigenvalue weighted by atomic mass is 10.3. The highest BCUT2D eigenvalue weighted by atomic mass is 32.2. The van der Waals surface area contributed by atoms with E-state index in [9.17, 15) is 13.2 Å². The van der Waals surface area contributed by atoms with E-state index in [4.69, 9.17) is 4.74 Å². The second-order valence-corrected chi connectivity index (χ2v) is 8.25. The minimum Gasteiger partial charge on any atom is -0.453 e. The van der Waals surface area contributed by atoms with Crippen LogP contribution in [0.1, 0.15) is 15.9 Å². The van der Waals surface area contributed by atoms with Crippen LogP contribution in [0.5, 0.6) is 0 Å². The lowest BCUT2D eigenvalue weighted by Crippen LogP contribution is -2.29. The zero-order valence-corrected chi connectivity index (χ0v) is 15.7. The van der Waals surface area contributed by atoms with Crippen LogP contribution in [0, 0.1) is 6.92 Å². The summed E-state index contributed by atoms with van der Waals surface area (Å²) < 4.78 is 37.2. The van der Waals surface area contributed by atoms with Crippen molar-refractivity contribution < 1.29 is 22.7 Å². The third-order valence-electron chi connectivity index (χ3n) is 3.42. The lowest BCUT2D eigenvalue weighted by Gasteiger charge is -2.15. The Morgan fingerprint density at radius 3 is 2.36 bits per heavy atom. The van der Waals surface area contributed by atoms with Crippen molar-refractivity contribution in [2.24, 2.45) is 0 Å². The van der Waals surface area contributed by atoms with Gasteiger partial charge in [-0.3, -0.25) is 5.32 Å². The van der Waals surface area contributed by atoms with Gasteiger partial charge in [0.1, 0.15) is 6.10 Å². The number of amides is 1. The molecule has 0 fully saturated rings. The first-order valence-corrected chi connectivity index (χ1v) is 9.69. The molecule has 1 atom stereocenters. The van der Waals surface area contributed by atoms with Crippen molar-refractivity contribution in [3.63, 3.8) is 0 Å². The van der Waals surface area contributed by atoms with Crippen molar-refractivity contribution in [1.82, 2.24) is 4.72 Å². The van der Waals surface area contributed by atoms with Gasteiger partial charge in [0.25, 0.3) is 0 Å². The predicted octanol–water partition coefficient (Wildman–Crippen LogP) is 2.90. The molecule has 0 bridgehead atoms. The Kier molecular flexibility index (Phi) is 6.54.